The van der Waals surface area contributed by atoms with Gasteiger partial charge >= 0.3 is 5.97 Å². The van der Waals surface area contributed by atoms with Crippen LogP contribution in [-0.2, 0) is 17.6 Å². The quantitative estimate of drug-likeness (QED) is 0.906. The fraction of sp³-hybridized carbons (Fsp3) is 0.533. The predicted octanol–water partition coefficient (Wildman–Crippen LogP) is 2.34. The Kier molecular flexibility index (Phi) is 3.43. The maximum Gasteiger partial charge on any atom is 0.309 e. The number of rotatable bonds is 4. The second-order valence-electron chi connectivity index (χ2n) is 5.79. The summed E-state index contributed by atoms with van der Waals surface area (Å²) in [5.74, 6) is 0.0725. The molecule has 1 aromatic rings. The summed E-state index contributed by atoms with van der Waals surface area (Å²) in [5, 5.41) is 9.25. The fourth-order valence-corrected chi connectivity index (χ4v) is 2.61. The van der Waals surface area contributed by atoms with Gasteiger partial charge in [0, 0.05) is 24.8 Å². The van der Waals surface area contributed by atoms with Gasteiger partial charge in [-0.25, -0.2) is 0 Å². The normalized spacial score (nSPS) is 14.4. The second-order valence-corrected chi connectivity index (χ2v) is 5.79. The van der Waals surface area contributed by atoms with E-state index in [1.807, 2.05) is 6.07 Å². The smallest absolute Gasteiger partial charge is 0.309 e. The standard InChI is InChI=1S/C15H21NO3/c1-15(2,14(17)18)9-10-5-6-12-11(13(10)19-4)7-8-16(12)3/h5-6H,7-9H2,1-4H3,(H,17,18). The van der Waals surface area contributed by atoms with Crippen molar-refractivity contribution in [1.29, 1.82) is 0 Å². The number of likely N-dealkylation sites (N-methyl/N-ethyl adjacent to an activating group) is 1. The molecule has 0 saturated carbocycles. The van der Waals surface area contributed by atoms with Crippen LogP contribution in [-0.4, -0.2) is 31.8 Å². The highest BCUT2D eigenvalue weighted by Gasteiger charge is 2.30. The molecule has 19 heavy (non-hydrogen) atoms. The van der Waals surface area contributed by atoms with Gasteiger partial charge in [-0.3, -0.25) is 4.79 Å². The lowest BCUT2D eigenvalue weighted by Crippen LogP contribution is -2.26. The van der Waals surface area contributed by atoms with Crippen LogP contribution in [0.2, 0.25) is 0 Å². The number of hydrogen-bond donors (Lipinski definition) is 1. The summed E-state index contributed by atoms with van der Waals surface area (Å²) in [6.45, 7) is 4.47. The Hall–Kier alpha value is -1.71. The second kappa shape index (κ2) is 4.76. The van der Waals surface area contributed by atoms with Crippen molar-refractivity contribution in [1.82, 2.24) is 0 Å². The average molecular weight is 263 g/mol. The minimum absolute atomic E-state index is 0.475. The molecule has 1 aliphatic rings. The summed E-state index contributed by atoms with van der Waals surface area (Å²) < 4.78 is 5.54. The highest BCUT2D eigenvalue weighted by molar-refractivity contribution is 5.74. The summed E-state index contributed by atoms with van der Waals surface area (Å²) in [6.07, 6.45) is 1.43. The van der Waals surface area contributed by atoms with E-state index in [2.05, 4.69) is 18.0 Å². The lowest BCUT2D eigenvalue weighted by molar-refractivity contribution is -0.146. The van der Waals surface area contributed by atoms with Gasteiger partial charge in [0.05, 0.1) is 12.5 Å². The molecule has 4 heteroatoms. The molecule has 0 unspecified atom stereocenters. The van der Waals surface area contributed by atoms with Crippen molar-refractivity contribution in [3.05, 3.63) is 23.3 Å². The maximum atomic E-state index is 11.3. The van der Waals surface area contributed by atoms with E-state index >= 15 is 0 Å². The third kappa shape index (κ3) is 2.39. The molecule has 4 nitrogen and oxygen atoms in total. The van der Waals surface area contributed by atoms with Gasteiger partial charge in [-0.15, -0.1) is 0 Å². The molecule has 1 heterocycles. The zero-order valence-electron chi connectivity index (χ0n) is 12.0. The average Bonchev–Trinajstić information content (AvgIpc) is 2.70. The van der Waals surface area contributed by atoms with Gasteiger partial charge in [-0.1, -0.05) is 6.07 Å². The van der Waals surface area contributed by atoms with Crippen molar-refractivity contribution in [3.63, 3.8) is 0 Å². The van der Waals surface area contributed by atoms with E-state index in [-0.39, 0.29) is 0 Å². The number of benzene rings is 1. The van der Waals surface area contributed by atoms with Crippen LogP contribution in [0.5, 0.6) is 5.75 Å². The van der Waals surface area contributed by atoms with Crippen molar-refractivity contribution in [2.45, 2.75) is 26.7 Å². The highest BCUT2D eigenvalue weighted by Crippen LogP contribution is 2.39. The number of fused-ring (bicyclic) bond motifs is 1. The van der Waals surface area contributed by atoms with Crippen molar-refractivity contribution in [2.24, 2.45) is 5.41 Å². The lowest BCUT2D eigenvalue weighted by Gasteiger charge is -2.22. The Bertz CT molecular complexity index is 508. The Labute approximate surface area is 114 Å². The first-order chi connectivity index (χ1) is 8.86. The molecule has 0 spiro atoms. The molecule has 1 N–H and O–H groups in total. The molecule has 1 aliphatic heterocycles. The largest absolute Gasteiger partial charge is 0.496 e. The third-order valence-electron chi connectivity index (χ3n) is 3.84. The first-order valence-electron chi connectivity index (χ1n) is 6.50. The molecule has 1 aromatic carbocycles. The topological polar surface area (TPSA) is 49.8 Å². The molecule has 0 fully saturated rings. The van der Waals surface area contributed by atoms with Gasteiger partial charge in [0.2, 0.25) is 0 Å². The predicted molar refractivity (Wildman–Crippen MR) is 75.1 cm³/mol. The van der Waals surface area contributed by atoms with Crippen LogP contribution >= 0.6 is 0 Å². The number of methoxy groups -OCH3 is 1. The van der Waals surface area contributed by atoms with Crippen LogP contribution in [0.1, 0.15) is 25.0 Å². The number of ether oxygens (including phenoxy) is 1. The molecular weight excluding hydrogens is 242 g/mol. The number of aliphatic carboxylic acids is 1. The summed E-state index contributed by atoms with van der Waals surface area (Å²) >= 11 is 0. The Balaban J connectivity index is 2.40. The van der Waals surface area contributed by atoms with Crippen LogP contribution in [0.3, 0.4) is 0 Å². The van der Waals surface area contributed by atoms with Gasteiger partial charge in [0.15, 0.2) is 0 Å². The Morgan fingerprint density at radius 2 is 2.16 bits per heavy atom. The van der Waals surface area contributed by atoms with Crippen LogP contribution in [0.15, 0.2) is 12.1 Å². The minimum atomic E-state index is -0.786. The van der Waals surface area contributed by atoms with E-state index in [0.29, 0.717) is 6.42 Å². The first-order valence-corrected chi connectivity index (χ1v) is 6.50. The van der Waals surface area contributed by atoms with Crippen LogP contribution < -0.4 is 9.64 Å². The molecule has 2 rings (SSSR count). The van der Waals surface area contributed by atoms with E-state index < -0.39 is 11.4 Å². The Morgan fingerprint density at radius 1 is 1.47 bits per heavy atom. The molecule has 0 amide bonds. The fourth-order valence-electron chi connectivity index (χ4n) is 2.61. The zero-order chi connectivity index (χ0) is 14.2. The molecule has 0 aliphatic carbocycles. The van der Waals surface area contributed by atoms with Gasteiger partial charge in [0.1, 0.15) is 5.75 Å². The van der Waals surface area contributed by atoms with Crippen LogP contribution in [0.25, 0.3) is 0 Å². The number of carbonyl (C=O) groups is 1. The van der Waals surface area contributed by atoms with Gasteiger partial charge in [-0.05, 0) is 38.3 Å². The maximum absolute atomic E-state index is 11.3. The monoisotopic (exact) mass is 263 g/mol. The van der Waals surface area contributed by atoms with E-state index in [4.69, 9.17) is 4.74 Å². The summed E-state index contributed by atoms with van der Waals surface area (Å²) in [5.41, 5.74) is 2.58. The summed E-state index contributed by atoms with van der Waals surface area (Å²) in [6, 6.07) is 4.06. The van der Waals surface area contributed by atoms with Crippen molar-refractivity contribution < 1.29 is 14.6 Å². The number of anilines is 1. The van der Waals surface area contributed by atoms with Crippen LogP contribution in [0, 0.1) is 5.41 Å². The van der Waals surface area contributed by atoms with Gasteiger partial charge in [0.25, 0.3) is 0 Å². The molecule has 0 bridgehead atoms. The van der Waals surface area contributed by atoms with Crippen molar-refractivity contribution in [3.8, 4) is 5.75 Å². The van der Waals surface area contributed by atoms with E-state index in [0.717, 1.165) is 24.3 Å². The van der Waals surface area contributed by atoms with Crippen molar-refractivity contribution in [2.75, 3.05) is 25.6 Å². The molecule has 0 atom stereocenters. The zero-order valence-corrected chi connectivity index (χ0v) is 12.0. The number of hydrogen-bond acceptors (Lipinski definition) is 3. The summed E-state index contributed by atoms with van der Waals surface area (Å²) in [7, 11) is 3.72. The molecule has 0 saturated heterocycles. The molecule has 0 aromatic heterocycles. The highest BCUT2D eigenvalue weighted by atomic mass is 16.5. The van der Waals surface area contributed by atoms with Crippen molar-refractivity contribution >= 4 is 11.7 Å². The van der Waals surface area contributed by atoms with E-state index in [1.165, 1.54) is 11.3 Å². The SMILES string of the molecule is COc1c(CC(C)(C)C(=O)O)ccc2c1CCN2C. The first kappa shape index (κ1) is 13.7. The van der Waals surface area contributed by atoms with Gasteiger partial charge in [-0.2, -0.15) is 0 Å². The lowest BCUT2D eigenvalue weighted by atomic mass is 9.85. The molecular formula is C15H21NO3. The van der Waals surface area contributed by atoms with E-state index in [9.17, 15) is 9.90 Å². The Morgan fingerprint density at radius 3 is 2.74 bits per heavy atom. The van der Waals surface area contributed by atoms with Crippen LogP contribution in [0.4, 0.5) is 5.69 Å². The third-order valence-corrected chi connectivity index (χ3v) is 3.84. The molecule has 0 radical (unpaired) electrons. The minimum Gasteiger partial charge on any atom is -0.496 e. The van der Waals surface area contributed by atoms with Gasteiger partial charge < -0.3 is 14.7 Å². The van der Waals surface area contributed by atoms with E-state index in [1.54, 1.807) is 21.0 Å². The number of carboxylic acids is 1. The molecule has 104 valence electrons. The number of carboxylic acid groups (broad SMARTS) is 1. The summed E-state index contributed by atoms with van der Waals surface area (Å²) in [4.78, 5) is 13.5. The number of nitrogens with zero attached hydrogens (tertiary/aromatic N) is 1.